The van der Waals surface area contributed by atoms with Gasteiger partial charge in [-0.15, -0.1) is 0 Å². The normalized spacial score (nSPS) is 16.4. The third-order valence-corrected chi connectivity index (χ3v) is 6.87. The Morgan fingerprint density at radius 2 is 1.74 bits per heavy atom. The summed E-state index contributed by atoms with van der Waals surface area (Å²) in [5, 5.41) is 0. The number of piperidine rings is 1. The quantitative estimate of drug-likeness (QED) is 0.240. The van der Waals surface area contributed by atoms with Crippen molar-refractivity contribution in [2.45, 2.75) is 106 Å². The lowest BCUT2D eigenvalue weighted by molar-refractivity contribution is 0.245. The fraction of sp³-hybridized carbons (Fsp3) is 0.581. The van der Waals surface area contributed by atoms with Crippen molar-refractivity contribution < 1.29 is 0 Å². The summed E-state index contributed by atoms with van der Waals surface area (Å²) in [5.74, 6) is 0.932. The Morgan fingerprint density at radius 1 is 1.15 bits per heavy atom. The first kappa shape index (κ1) is 29.9. The molecule has 1 aliphatic heterocycles. The second kappa shape index (κ2) is 14.3. The number of allylic oxidation sites excluding steroid dienone is 3. The lowest BCUT2D eigenvalue weighted by atomic mass is 9.87. The van der Waals surface area contributed by atoms with Crippen LogP contribution in [0.15, 0.2) is 47.6 Å². The van der Waals surface area contributed by atoms with Crippen molar-refractivity contribution in [3.63, 3.8) is 0 Å². The number of rotatable bonds is 8. The molecule has 1 saturated heterocycles. The minimum absolute atomic E-state index is 0.0739. The molecule has 0 atom stereocenters. The first-order valence-corrected chi connectivity index (χ1v) is 13.3. The smallest absolute Gasteiger partial charge is 0.128 e. The molecule has 0 radical (unpaired) electrons. The van der Waals surface area contributed by atoms with Crippen molar-refractivity contribution in [1.82, 2.24) is 4.90 Å². The fourth-order valence-electron chi connectivity index (χ4n) is 4.34. The van der Waals surface area contributed by atoms with E-state index in [4.69, 9.17) is 10.7 Å². The molecule has 1 aromatic rings. The number of unbranched alkanes of at least 4 members (excludes halogenated alkanes) is 1. The zero-order valence-electron chi connectivity index (χ0n) is 23.5. The highest BCUT2D eigenvalue weighted by atomic mass is 15.2. The molecule has 0 amide bonds. The number of hydrogen-bond donors (Lipinski definition) is 1. The highest BCUT2D eigenvalue weighted by molar-refractivity contribution is 5.93. The molecule has 1 heterocycles. The number of benzene rings is 1. The van der Waals surface area contributed by atoms with E-state index in [1.807, 2.05) is 6.08 Å². The van der Waals surface area contributed by atoms with Crippen LogP contribution in [0.25, 0.3) is 5.57 Å². The largest absolute Gasteiger partial charge is 0.356 e. The summed E-state index contributed by atoms with van der Waals surface area (Å²) in [7, 11) is 0. The van der Waals surface area contributed by atoms with Gasteiger partial charge in [-0.2, -0.15) is 0 Å². The molecule has 2 N–H and O–H groups in total. The molecular weight excluding hydrogens is 414 g/mol. The number of likely N-dealkylation sites (tertiary alicyclic amines) is 1. The van der Waals surface area contributed by atoms with Crippen LogP contribution in [0, 0.1) is 6.92 Å². The molecule has 0 saturated carbocycles. The Morgan fingerprint density at radius 3 is 2.24 bits per heavy atom. The van der Waals surface area contributed by atoms with Crippen LogP contribution in [0.2, 0.25) is 0 Å². The second-order valence-corrected chi connectivity index (χ2v) is 10.0. The van der Waals surface area contributed by atoms with E-state index in [1.165, 1.54) is 41.5 Å². The van der Waals surface area contributed by atoms with Crippen molar-refractivity contribution in [2.24, 2.45) is 10.7 Å². The monoisotopic (exact) mass is 465 g/mol. The van der Waals surface area contributed by atoms with Gasteiger partial charge in [-0.05, 0) is 99.3 Å². The van der Waals surface area contributed by atoms with Gasteiger partial charge >= 0.3 is 0 Å². The van der Waals surface area contributed by atoms with E-state index < -0.39 is 0 Å². The third-order valence-electron chi connectivity index (χ3n) is 6.87. The minimum Gasteiger partial charge on any atom is -0.356 e. The maximum Gasteiger partial charge on any atom is 0.128 e. The van der Waals surface area contributed by atoms with Crippen molar-refractivity contribution in [3.8, 4) is 0 Å². The van der Waals surface area contributed by atoms with E-state index in [1.54, 1.807) is 0 Å². The van der Waals surface area contributed by atoms with Crippen LogP contribution in [-0.2, 0) is 12.8 Å². The molecule has 0 unspecified atom stereocenters. The predicted octanol–water partition coefficient (Wildman–Crippen LogP) is 8.02. The summed E-state index contributed by atoms with van der Waals surface area (Å²) in [4.78, 5) is 7.25. The van der Waals surface area contributed by atoms with Crippen LogP contribution in [-0.4, -0.2) is 29.4 Å². The number of nitrogens with two attached hydrogens (primary N) is 1. The summed E-state index contributed by atoms with van der Waals surface area (Å²) in [6.07, 6.45) is 9.71. The lowest BCUT2D eigenvalue weighted by Crippen LogP contribution is -2.49. The van der Waals surface area contributed by atoms with Gasteiger partial charge in [0.15, 0.2) is 0 Å². The standard InChI is InChI=1S/C28H43N3.C3H8/c1-9-12-13-26-22(6)25(15-14-24(26)10-2)21(5)20(4)23(7)30-27(11-3)31-18-16-28(8,29)17-19-31;1-3-2/h11,14-15H,3,5,9-10,12-13,16-19,29H2,1-2,4,6-8H3;3H2,1-2H3/b23-20+,30-27?;. The first-order chi connectivity index (χ1) is 16.1. The Bertz CT molecular complexity index is 876. The van der Waals surface area contributed by atoms with Crippen molar-refractivity contribution in [1.29, 1.82) is 0 Å². The molecule has 3 nitrogen and oxygen atoms in total. The Labute approximate surface area is 210 Å². The van der Waals surface area contributed by atoms with E-state index in [0.717, 1.165) is 61.5 Å². The van der Waals surface area contributed by atoms with Gasteiger partial charge in [0.25, 0.3) is 0 Å². The Balaban J connectivity index is 0.00000182. The Hall–Kier alpha value is -2.13. The SMILES string of the molecule is C=CC(=N/C(C)=C(\C)C(=C)c1ccc(CC)c(CCCC)c1C)N1CCC(C)(N)CC1.CCC. The lowest BCUT2D eigenvalue weighted by Gasteiger charge is -2.37. The zero-order chi connectivity index (χ0) is 25.9. The minimum atomic E-state index is -0.0739. The van der Waals surface area contributed by atoms with Crippen molar-refractivity contribution in [2.75, 3.05) is 13.1 Å². The van der Waals surface area contributed by atoms with Gasteiger partial charge in [-0.3, -0.25) is 0 Å². The van der Waals surface area contributed by atoms with E-state index in [-0.39, 0.29) is 5.54 Å². The number of aryl methyl sites for hydroxylation is 1. The molecule has 3 heteroatoms. The molecular formula is C31H51N3. The molecule has 190 valence electrons. The number of amidine groups is 1. The topological polar surface area (TPSA) is 41.6 Å². The van der Waals surface area contributed by atoms with Gasteiger partial charge in [0.05, 0.1) is 0 Å². The number of hydrogen-bond acceptors (Lipinski definition) is 2. The molecule has 34 heavy (non-hydrogen) atoms. The summed E-state index contributed by atoms with van der Waals surface area (Å²) in [6.45, 7) is 27.7. The van der Waals surface area contributed by atoms with Crippen LogP contribution < -0.4 is 5.73 Å². The Kier molecular flexibility index (Phi) is 12.6. The highest BCUT2D eigenvalue weighted by Crippen LogP contribution is 2.31. The summed E-state index contributed by atoms with van der Waals surface area (Å²) in [5.41, 5.74) is 15.0. The maximum atomic E-state index is 6.30. The fourth-order valence-corrected chi connectivity index (χ4v) is 4.34. The summed E-state index contributed by atoms with van der Waals surface area (Å²) in [6, 6.07) is 4.53. The molecule has 0 aromatic heterocycles. The van der Waals surface area contributed by atoms with Gasteiger partial charge in [-0.1, -0.05) is 65.8 Å². The molecule has 0 bridgehead atoms. The second-order valence-electron chi connectivity index (χ2n) is 10.0. The average Bonchev–Trinajstić information content (AvgIpc) is 2.81. The number of nitrogens with zero attached hydrogens (tertiary/aromatic N) is 2. The molecule has 2 rings (SSSR count). The van der Waals surface area contributed by atoms with Crippen molar-refractivity contribution >= 4 is 11.4 Å². The summed E-state index contributed by atoms with van der Waals surface area (Å²) < 4.78 is 0. The van der Waals surface area contributed by atoms with E-state index in [9.17, 15) is 0 Å². The van der Waals surface area contributed by atoms with Gasteiger partial charge in [0.1, 0.15) is 5.84 Å². The van der Waals surface area contributed by atoms with Gasteiger partial charge in [0.2, 0.25) is 0 Å². The van der Waals surface area contributed by atoms with Crippen molar-refractivity contribution in [3.05, 3.63) is 64.9 Å². The van der Waals surface area contributed by atoms with Gasteiger partial charge in [0, 0.05) is 24.3 Å². The average molecular weight is 466 g/mol. The van der Waals surface area contributed by atoms with E-state index >= 15 is 0 Å². The van der Waals surface area contributed by atoms with Gasteiger partial charge in [-0.25, -0.2) is 4.99 Å². The van der Waals surface area contributed by atoms with Crippen LogP contribution in [0.4, 0.5) is 0 Å². The van der Waals surface area contributed by atoms with E-state index in [0.29, 0.717) is 0 Å². The van der Waals surface area contributed by atoms with Crippen LogP contribution in [0.3, 0.4) is 0 Å². The maximum absolute atomic E-state index is 6.30. The first-order valence-electron chi connectivity index (χ1n) is 13.3. The molecule has 0 aliphatic carbocycles. The van der Waals surface area contributed by atoms with Crippen LogP contribution in [0.1, 0.15) is 103 Å². The third kappa shape index (κ3) is 8.27. The molecule has 0 spiro atoms. The van der Waals surface area contributed by atoms with Crippen LogP contribution >= 0.6 is 0 Å². The van der Waals surface area contributed by atoms with E-state index in [2.05, 4.69) is 85.6 Å². The molecule has 1 aromatic carbocycles. The van der Waals surface area contributed by atoms with Crippen LogP contribution in [0.5, 0.6) is 0 Å². The summed E-state index contributed by atoms with van der Waals surface area (Å²) >= 11 is 0. The molecule has 1 aliphatic rings. The highest BCUT2D eigenvalue weighted by Gasteiger charge is 2.26. The molecule has 1 fully saturated rings. The van der Waals surface area contributed by atoms with Gasteiger partial charge < -0.3 is 10.6 Å². The zero-order valence-corrected chi connectivity index (χ0v) is 23.5. The number of aliphatic imine (C=N–C) groups is 1. The predicted molar refractivity (Wildman–Crippen MR) is 154 cm³/mol.